The summed E-state index contributed by atoms with van der Waals surface area (Å²) in [5, 5.41) is 0.325. The molecule has 0 aliphatic heterocycles. The first-order valence-corrected chi connectivity index (χ1v) is 6.67. The molecule has 0 bridgehead atoms. The fraction of sp³-hybridized carbons (Fsp3) is 0.231. The minimum atomic E-state index is -0.581. The van der Waals surface area contributed by atoms with Gasteiger partial charge in [0, 0.05) is 12.3 Å². The van der Waals surface area contributed by atoms with Gasteiger partial charge in [0.15, 0.2) is 5.78 Å². The van der Waals surface area contributed by atoms with Crippen LogP contribution < -0.4 is 11.5 Å². The lowest BCUT2D eigenvalue weighted by atomic mass is 9.84. The fourth-order valence-electron chi connectivity index (χ4n) is 2.53. The number of furan rings is 1. The van der Waals surface area contributed by atoms with E-state index in [2.05, 4.69) is 0 Å². The molecule has 98 valence electrons. The summed E-state index contributed by atoms with van der Waals surface area (Å²) < 4.78 is 5.35. The van der Waals surface area contributed by atoms with Crippen molar-refractivity contribution in [2.45, 2.75) is 18.8 Å². The van der Waals surface area contributed by atoms with E-state index >= 15 is 0 Å². The van der Waals surface area contributed by atoms with Crippen LogP contribution in [0.2, 0.25) is 0 Å². The Morgan fingerprint density at radius 1 is 1.42 bits per heavy atom. The van der Waals surface area contributed by atoms with E-state index in [4.69, 9.17) is 15.9 Å². The molecule has 4 N–H and O–H groups in total. The van der Waals surface area contributed by atoms with Crippen molar-refractivity contribution in [2.24, 2.45) is 5.73 Å². The molecular formula is C13H12N2O3S. The van der Waals surface area contributed by atoms with Crippen molar-refractivity contribution >= 4 is 28.0 Å². The third kappa shape index (κ3) is 1.84. The van der Waals surface area contributed by atoms with Gasteiger partial charge < -0.3 is 15.9 Å². The van der Waals surface area contributed by atoms with Crippen LogP contribution in [0, 0.1) is 0 Å². The number of primary amides is 1. The monoisotopic (exact) mass is 276 g/mol. The predicted octanol–water partition coefficient (Wildman–Crippen LogP) is 1.93. The molecule has 1 amide bonds. The van der Waals surface area contributed by atoms with Gasteiger partial charge in [0.2, 0.25) is 0 Å². The summed E-state index contributed by atoms with van der Waals surface area (Å²) in [7, 11) is 0. The van der Waals surface area contributed by atoms with Crippen molar-refractivity contribution in [3.05, 3.63) is 40.2 Å². The van der Waals surface area contributed by atoms with Crippen LogP contribution in [-0.4, -0.2) is 11.7 Å². The smallest absolute Gasteiger partial charge is 0.251 e. The number of ketones is 1. The molecule has 1 atom stereocenters. The Hall–Kier alpha value is -2.08. The Labute approximate surface area is 113 Å². The van der Waals surface area contributed by atoms with Crippen LogP contribution in [0.25, 0.3) is 0 Å². The molecule has 3 rings (SSSR count). The fourth-order valence-corrected chi connectivity index (χ4v) is 3.59. The van der Waals surface area contributed by atoms with E-state index in [9.17, 15) is 9.59 Å². The normalized spacial score (nSPS) is 18.3. The van der Waals surface area contributed by atoms with Gasteiger partial charge in [-0.05, 0) is 24.1 Å². The van der Waals surface area contributed by atoms with Gasteiger partial charge in [0.25, 0.3) is 5.91 Å². The standard InChI is InChI=1S/C13H12N2O3S/c14-12(17)10-7-4-6(9-2-1-3-18-9)5-8(16)11(7)19-13(10)15/h1-3,6H,4-5,15H2,(H2,14,17). The van der Waals surface area contributed by atoms with Crippen molar-refractivity contribution in [3.63, 3.8) is 0 Å². The third-order valence-corrected chi connectivity index (χ3v) is 4.46. The highest BCUT2D eigenvalue weighted by molar-refractivity contribution is 7.18. The zero-order valence-electron chi connectivity index (χ0n) is 10.0. The van der Waals surface area contributed by atoms with Gasteiger partial charge in [-0.25, -0.2) is 0 Å². The summed E-state index contributed by atoms with van der Waals surface area (Å²) in [4.78, 5) is 24.2. The largest absolute Gasteiger partial charge is 0.469 e. The highest BCUT2D eigenvalue weighted by Gasteiger charge is 2.33. The van der Waals surface area contributed by atoms with Crippen LogP contribution in [0.3, 0.4) is 0 Å². The Kier molecular flexibility index (Phi) is 2.67. The second-order valence-corrected chi connectivity index (χ2v) is 5.61. The van der Waals surface area contributed by atoms with Gasteiger partial charge in [0.1, 0.15) is 5.76 Å². The van der Waals surface area contributed by atoms with Crippen LogP contribution in [0.15, 0.2) is 22.8 Å². The number of fused-ring (bicyclic) bond motifs is 1. The summed E-state index contributed by atoms with van der Waals surface area (Å²) in [6.07, 6.45) is 2.51. The number of hydrogen-bond acceptors (Lipinski definition) is 5. The summed E-state index contributed by atoms with van der Waals surface area (Å²) in [6, 6.07) is 3.62. The number of amides is 1. The van der Waals surface area contributed by atoms with Crippen LogP contribution in [0.4, 0.5) is 5.00 Å². The molecule has 6 heteroatoms. The summed E-state index contributed by atoms with van der Waals surface area (Å²) in [5.74, 6) is 0.107. The Morgan fingerprint density at radius 3 is 2.84 bits per heavy atom. The van der Waals surface area contributed by atoms with Crippen LogP contribution >= 0.6 is 11.3 Å². The van der Waals surface area contributed by atoms with E-state index in [0.29, 0.717) is 33.8 Å². The maximum Gasteiger partial charge on any atom is 0.251 e. The Morgan fingerprint density at radius 2 is 2.21 bits per heavy atom. The van der Waals surface area contributed by atoms with Gasteiger partial charge in [-0.1, -0.05) is 0 Å². The average Bonchev–Trinajstić information content (AvgIpc) is 2.95. The van der Waals surface area contributed by atoms with E-state index in [1.54, 1.807) is 12.3 Å². The average molecular weight is 276 g/mol. The number of thiophene rings is 1. The topological polar surface area (TPSA) is 99.3 Å². The maximum atomic E-state index is 12.1. The zero-order valence-corrected chi connectivity index (χ0v) is 10.8. The minimum absolute atomic E-state index is 0.00755. The quantitative estimate of drug-likeness (QED) is 0.875. The highest BCUT2D eigenvalue weighted by Crippen LogP contribution is 2.41. The molecule has 5 nitrogen and oxygen atoms in total. The van der Waals surface area contributed by atoms with Crippen LogP contribution in [-0.2, 0) is 6.42 Å². The van der Waals surface area contributed by atoms with Crippen molar-refractivity contribution in [1.82, 2.24) is 0 Å². The van der Waals surface area contributed by atoms with Gasteiger partial charge in [-0.2, -0.15) is 0 Å². The predicted molar refractivity (Wildman–Crippen MR) is 71.3 cm³/mol. The van der Waals surface area contributed by atoms with Gasteiger partial charge in [0.05, 0.1) is 21.7 Å². The number of carbonyl (C=O) groups is 2. The first-order valence-electron chi connectivity index (χ1n) is 5.85. The van der Waals surface area contributed by atoms with E-state index < -0.39 is 5.91 Å². The van der Waals surface area contributed by atoms with Gasteiger partial charge >= 0.3 is 0 Å². The Balaban J connectivity index is 2.07. The summed E-state index contributed by atoms with van der Waals surface area (Å²) in [5.41, 5.74) is 12.1. The molecular weight excluding hydrogens is 264 g/mol. The van der Waals surface area contributed by atoms with Crippen molar-refractivity contribution in [1.29, 1.82) is 0 Å². The molecule has 0 saturated heterocycles. The third-order valence-electron chi connectivity index (χ3n) is 3.36. The molecule has 0 radical (unpaired) electrons. The van der Waals surface area contributed by atoms with E-state index in [0.717, 1.165) is 17.1 Å². The molecule has 1 aliphatic carbocycles. The van der Waals surface area contributed by atoms with Gasteiger partial charge in [-0.3, -0.25) is 9.59 Å². The van der Waals surface area contributed by atoms with E-state index in [-0.39, 0.29) is 11.7 Å². The lowest BCUT2D eigenvalue weighted by Crippen LogP contribution is -2.21. The molecule has 0 saturated carbocycles. The van der Waals surface area contributed by atoms with Crippen LogP contribution in [0.1, 0.15) is 43.7 Å². The first kappa shape index (κ1) is 12.0. The number of nitrogen functional groups attached to an aromatic ring is 1. The maximum absolute atomic E-state index is 12.1. The minimum Gasteiger partial charge on any atom is -0.469 e. The lowest BCUT2D eigenvalue weighted by Gasteiger charge is -2.19. The molecule has 0 fully saturated rings. The number of anilines is 1. The number of carbonyl (C=O) groups excluding carboxylic acids is 2. The summed E-state index contributed by atoms with van der Waals surface area (Å²) in [6.45, 7) is 0. The van der Waals surface area contributed by atoms with Crippen molar-refractivity contribution in [2.75, 3.05) is 5.73 Å². The molecule has 1 aliphatic rings. The lowest BCUT2D eigenvalue weighted by molar-refractivity contribution is 0.0964. The van der Waals surface area contributed by atoms with E-state index in [1.807, 2.05) is 6.07 Å². The van der Waals surface area contributed by atoms with Crippen LogP contribution in [0.5, 0.6) is 0 Å². The summed E-state index contributed by atoms with van der Waals surface area (Å²) >= 11 is 1.15. The zero-order chi connectivity index (χ0) is 13.6. The second-order valence-electron chi connectivity index (χ2n) is 4.56. The highest BCUT2D eigenvalue weighted by atomic mass is 32.1. The molecule has 0 spiro atoms. The molecule has 1 unspecified atom stereocenters. The molecule has 2 heterocycles. The number of hydrogen-bond donors (Lipinski definition) is 2. The first-order chi connectivity index (χ1) is 9.08. The number of Topliss-reactive ketones (excluding diaryl/α,β-unsaturated/α-hetero) is 1. The van der Waals surface area contributed by atoms with E-state index in [1.165, 1.54) is 0 Å². The molecule has 19 heavy (non-hydrogen) atoms. The molecule has 0 aromatic carbocycles. The Bertz CT molecular complexity index is 658. The number of rotatable bonds is 2. The van der Waals surface area contributed by atoms with Crippen molar-refractivity contribution in [3.8, 4) is 0 Å². The second kappa shape index (κ2) is 4.24. The SMILES string of the molecule is NC(=O)c1c(N)sc2c1CC(c1ccco1)CC2=O. The van der Waals surface area contributed by atoms with Gasteiger partial charge in [-0.15, -0.1) is 11.3 Å². The van der Waals surface area contributed by atoms with Crippen molar-refractivity contribution < 1.29 is 14.0 Å². The number of nitrogens with two attached hydrogens (primary N) is 2. The molecule has 2 aromatic heterocycles. The molecule has 2 aromatic rings.